The van der Waals surface area contributed by atoms with E-state index in [0.29, 0.717) is 12.0 Å². The molecule has 1 aromatic rings. The van der Waals surface area contributed by atoms with Gasteiger partial charge in [0.2, 0.25) is 0 Å². The first-order chi connectivity index (χ1) is 9.86. The molecule has 1 aromatic carbocycles. The zero-order chi connectivity index (χ0) is 15.9. The van der Waals surface area contributed by atoms with Crippen molar-refractivity contribution in [3.63, 3.8) is 0 Å². The molecule has 0 amide bonds. The molecule has 0 aromatic heterocycles. The fourth-order valence-electron chi connectivity index (χ4n) is 1.53. The van der Waals surface area contributed by atoms with E-state index in [9.17, 15) is 18.0 Å². The summed E-state index contributed by atoms with van der Waals surface area (Å²) >= 11 is 0. The minimum Gasteiger partial charge on any atom is -0.464 e. The zero-order valence-corrected chi connectivity index (χ0v) is 11.6. The summed E-state index contributed by atoms with van der Waals surface area (Å²) in [5, 5.41) is 0. The fraction of sp³-hybridized carbons (Fsp3) is 0.500. The van der Waals surface area contributed by atoms with Gasteiger partial charge in [-0.15, -0.1) is 0 Å². The molecule has 0 aliphatic heterocycles. The summed E-state index contributed by atoms with van der Waals surface area (Å²) in [5.74, 6) is -1.10. The monoisotopic (exact) mass is 305 g/mol. The van der Waals surface area contributed by atoms with Gasteiger partial charge in [-0.2, -0.15) is 13.2 Å². The van der Waals surface area contributed by atoms with Crippen molar-refractivity contribution >= 4 is 5.97 Å². The third-order valence-electron chi connectivity index (χ3n) is 2.66. The molecule has 4 nitrogen and oxygen atoms in total. The third kappa shape index (κ3) is 5.73. The number of rotatable bonds is 7. The van der Waals surface area contributed by atoms with Crippen molar-refractivity contribution < 1.29 is 27.4 Å². The second kappa shape index (κ2) is 7.99. The Morgan fingerprint density at radius 1 is 1.29 bits per heavy atom. The van der Waals surface area contributed by atoms with E-state index in [0.717, 1.165) is 0 Å². The Morgan fingerprint density at radius 3 is 2.43 bits per heavy atom. The van der Waals surface area contributed by atoms with Crippen LogP contribution in [0.2, 0.25) is 0 Å². The Labute approximate surface area is 121 Å². The lowest BCUT2D eigenvalue weighted by Crippen LogP contribution is -2.52. The van der Waals surface area contributed by atoms with E-state index in [4.69, 9.17) is 15.2 Å². The minimum atomic E-state index is -4.74. The number of ether oxygens (including phenoxy) is 2. The molecule has 7 heteroatoms. The van der Waals surface area contributed by atoms with Crippen molar-refractivity contribution in [1.82, 2.24) is 0 Å². The van der Waals surface area contributed by atoms with Crippen LogP contribution in [0.25, 0.3) is 0 Å². The quantitative estimate of drug-likeness (QED) is 0.786. The van der Waals surface area contributed by atoms with Gasteiger partial charge >= 0.3 is 12.1 Å². The van der Waals surface area contributed by atoms with Crippen LogP contribution in [0.15, 0.2) is 30.3 Å². The van der Waals surface area contributed by atoms with E-state index < -0.39 is 24.3 Å². The smallest absolute Gasteiger partial charge is 0.406 e. The highest BCUT2D eigenvalue weighted by Crippen LogP contribution is 2.23. The molecule has 2 N–H and O–H groups in total. The molecule has 1 rings (SSSR count). The van der Waals surface area contributed by atoms with Crippen LogP contribution in [0, 0.1) is 0 Å². The van der Waals surface area contributed by atoms with Gasteiger partial charge in [0, 0.05) is 0 Å². The van der Waals surface area contributed by atoms with Crippen LogP contribution in [0.4, 0.5) is 13.2 Å². The molecule has 118 valence electrons. The van der Waals surface area contributed by atoms with Crippen LogP contribution in [0.3, 0.4) is 0 Å². The second-order valence-electron chi connectivity index (χ2n) is 4.45. The summed E-state index contributed by atoms with van der Waals surface area (Å²) in [6.07, 6.45) is -6.12. The van der Waals surface area contributed by atoms with Crippen molar-refractivity contribution in [3.05, 3.63) is 35.9 Å². The highest BCUT2D eigenvalue weighted by molar-refractivity contribution is 5.75. The highest BCUT2D eigenvalue weighted by Gasteiger charge is 2.46. The molecule has 0 aliphatic carbocycles. The number of esters is 1. The van der Waals surface area contributed by atoms with Crippen LogP contribution in [-0.2, 0) is 20.9 Å². The molecule has 0 saturated heterocycles. The predicted molar refractivity (Wildman–Crippen MR) is 70.3 cm³/mol. The summed E-state index contributed by atoms with van der Waals surface area (Å²) in [6, 6.07) is 6.11. The number of alkyl halides is 3. The van der Waals surface area contributed by atoms with Gasteiger partial charge in [0.05, 0.1) is 13.2 Å². The Balaban J connectivity index is 2.74. The molecule has 0 heterocycles. The maximum Gasteiger partial charge on any atom is 0.406 e. The van der Waals surface area contributed by atoms with E-state index >= 15 is 0 Å². The van der Waals surface area contributed by atoms with E-state index in [-0.39, 0.29) is 13.2 Å². The maximum absolute atomic E-state index is 12.7. The number of nitrogens with two attached hydrogens (primary N) is 1. The van der Waals surface area contributed by atoms with Crippen molar-refractivity contribution in [2.24, 2.45) is 5.73 Å². The van der Waals surface area contributed by atoms with Gasteiger partial charge in [0.25, 0.3) is 0 Å². The largest absolute Gasteiger partial charge is 0.464 e. The number of hydrogen-bond acceptors (Lipinski definition) is 4. The van der Waals surface area contributed by atoms with Gasteiger partial charge in [-0.05, 0) is 12.0 Å². The van der Waals surface area contributed by atoms with Gasteiger partial charge in [-0.1, -0.05) is 37.3 Å². The van der Waals surface area contributed by atoms with E-state index in [1.165, 1.54) is 0 Å². The van der Waals surface area contributed by atoms with Crippen molar-refractivity contribution in [2.75, 3.05) is 6.61 Å². The maximum atomic E-state index is 12.7. The average molecular weight is 305 g/mol. The molecule has 0 fully saturated rings. The van der Waals surface area contributed by atoms with Crippen LogP contribution in [0.5, 0.6) is 0 Å². The Bertz CT molecular complexity index is 437. The van der Waals surface area contributed by atoms with Gasteiger partial charge in [0.15, 0.2) is 6.10 Å². The normalized spacial score (nSPS) is 14.5. The van der Waals surface area contributed by atoms with Crippen LogP contribution in [-0.4, -0.2) is 30.9 Å². The Morgan fingerprint density at radius 2 is 1.90 bits per heavy atom. The van der Waals surface area contributed by atoms with Gasteiger partial charge < -0.3 is 15.2 Å². The number of carbonyl (C=O) groups excluding carboxylic acids is 1. The molecule has 0 radical (unpaired) electrons. The SMILES string of the molecule is CCCOC(=O)[C@H](OCc1ccccc1)[C@@H](N)C(F)(F)F. The molecule has 0 unspecified atom stereocenters. The van der Waals surface area contributed by atoms with Crippen LogP contribution in [0.1, 0.15) is 18.9 Å². The number of hydrogen-bond donors (Lipinski definition) is 1. The molecule has 0 spiro atoms. The molecular weight excluding hydrogens is 287 g/mol. The standard InChI is InChI=1S/C14H18F3NO3/c1-2-8-20-13(19)11(12(18)14(15,16)17)21-9-10-6-4-3-5-7-10/h3-7,11-12H,2,8-9,18H2,1H3/t11-,12-/m1/s1. The number of carbonyl (C=O) groups is 1. The van der Waals surface area contributed by atoms with E-state index in [1.807, 2.05) is 0 Å². The van der Waals surface area contributed by atoms with E-state index in [2.05, 4.69) is 0 Å². The molecule has 0 bridgehead atoms. The fourth-order valence-corrected chi connectivity index (χ4v) is 1.53. The van der Waals surface area contributed by atoms with Gasteiger partial charge in [-0.3, -0.25) is 0 Å². The molecule has 0 aliphatic rings. The highest BCUT2D eigenvalue weighted by atomic mass is 19.4. The lowest BCUT2D eigenvalue weighted by atomic mass is 10.1. The van der Waals surface area contributed by atoms with E-state index in [1.54, 1.807) is 37.3 Å². The summed E-state index contributed by atoms with van der Waals surface area (Å²) in [5.41, 5.74) is 5.72. The second-order valence-corrected chi connectivity index (χ2v) is 4.45. The molecular formula is C14H18F3NO3. The number of benzene rings is 1. The predicted octanol–water partition coefficient (Wildman–Crippen LogP) is 2.41. The lowest BCUT2D eigenvalue weighted by molar-refractivity contribution is -0.194. The van der Waals surface area contributed by atoms with Crippen LogP contribution >= 0.6 is 0 Å². The molecule has 2 atom stereocenters. The zero-order valence-electron chi connectivity index (χ0n) is 11.6. The van der Waals surface area contributed by atoms with Gasteiger partial charge in [0.1, 0.15) is 6.04 Å². The van der Waals surface area contributed by atoms with Crippen molar-refractivity contribution in [2.45, 2.75) is 38.3 Å². The summed E-state index contributed by atoms with van der Waals surface area (Å²) < 4.78 is 47.9. The molecule has 21 heavy (non-hydrogen) atoms. The Hall–Kier alpha value is -1.60. The Kier molecular flexibility index (Phi) is 6.64. The first-order valence-corrected chi connectivity index (χ1v) is 6.50. The topological polar surface area (TPSA) is 61.5 Å². The van der Waals surface area contributed by atoms with Crippen molar-refractivity contribution in [1.29, 1.82) is 0 Å². The average Bonchev–Trinajstić information content (AvgIpc) is 2.45. The van der Waals surface area contributed by atoms with Gasteiger partial charge in [-0.25, -0.2) is 4.79 Å². The number of halogens is 3. The third-order valence-corrected chi connectivity index (χ3v) is 2.66. The summed E-state index contributed by atoms with van der Waals surface area (Å²) in [7, 11) is 0. The van der Waals surface area contributed by atoms with Crippen molar-refractivity contribution in [3.8, 4) is 0 Å². The minimum absolute atomic E-state index is 0.0224. The summed E-state index contributed by atoms with van der Waals surface area (Å²) in [4.78, 5) is 11.7. The first kappa shape index (κ1) is 17.5. The lowest BCUT2D eigenvalue weighted by Gasteiger charge is -2.24. The first-order valence-electron chi connectivity index (χ1n) is 6.50. The van der Waals surface area contributed by atoms with Crippen LogP contribution < -0.4 is 5.73 Å². The summed E-state index contributed by atoms with van der Waals surface area (Å²) in [6.45, 7) is 1.60. The molecule has 0 saturated carbocycles.